The highest BCUT2D eigenvalue weighted by Crippen LogP contribution is 2.34. The minimum Gasteiger partial charge on any atom is -0.348 e. The molecule has 0 N–H and O–H groups in total. The van der Waals surface area contributed by atoms with Crippen LogP contribution in [-0.2, 0) is 17.8 Å². The molecule has 0 saturated heterocycles. The summed E-state index contributed by atoms with van der Waals surface area (Å²) >= 11 is 0. The van der Waals surface area contributed by atoms with Gasteiger partial charge in [-0.1, -0.05) is 50.6 Å². The van der Waals surface area contributed by atoms with E-state index in [2.05, 4.69) is 11.5 Å². The molecule has 5 nitrogen and oxygen atoms in total. The first kappa shape index (κ1) is 24.7. The van der Waals surface area contributed by atoms with Crippen molar-refractivity contribution in [2.45, 2.75) is 52.1 Å². The zero-order chi connectivity index (χ0) is 24.8. The lowest BCUT2D eigenvalue weighted by atomic mass is 9.99. The monoisotopic (exact) mass is 475 g/mol. The molecule has 2 amide bonds. The summed E-state index contributed by atoms with van der Waals surface area (Å²) in [7, 11) is 0. The van der Waals surface area contributed by atoms with Gasteiger partial charge in [0.1, 0.15) is 18.4 Å². The van der Waals surface area contributed by atoms with Crippen molar-refractivity contribution in [3.63, 3.8) is 0 Å². The Balaban J connectivity index is 1.56. The first-order valence-corrected chi connectivity index (χ1v) is 12.6. The Bertz CT molecular complexity index is 1150. The topological polar surface area (TPSA) is 45.6 Å². The van der Waals surface area contributed by atoms with E-state index in [0.29, 0.717) is 30.8 Å². The van der Waals surface area contributed by atoms with Crippen molar-refractivity contribution in [1.29, 1.82) is 0 Å². The molecule has 1 aliphatic heterocycles. The maximum absolute atomic E-state index is 14.8. The molecule has 2 heterocycles. The number of unbranched alkanes of at least 4 members (excludes halogenated alkanes) is 1. The second kappa shape index (κ2) is 11.3. The molecule has 6 heteroatoms. The minimum atomic E-state index is -0.524. The lowest BCUT2D eigenvalue weighted by molar-refractivity contribution is -0.134. The summed E-state index contributed by atoms with van der Waals surface area (Å²) in [5.74, 6) is -0.660. The van der Waals surface area contributed by atoms with Crippen LogP contribution >= 0.6 is 0 Å². The highest BCUT2D eigenvalue weighted by atomic mass is 19.1. The highest BCUT2D eigenvalue weighted by molar-refractivity contribution is 5.96. The standard InChI is InChI=1S/C29H34FN3O2/c1-3-5-9-22-13-15-23(16-14-22)29(35)32(17-4-2)21-27(34)33-20-19-31-18-8-12-26(31)28(33)24-10-6-7-11-25(24)30/h6-8,10-16,18,28H,3-5,9,17,19-21H2,1-2H3/t28-/m0/s1. The van der Waals surface area contributed by atoms with Gasteiger partial charge in [0.05, 0.1) is 0 Å². The van der Waals surface area contributed by atoms with E-state index in [1.54, 1.807) is 28.0 Å². The van der Waals surface area contributed by atoms with Gasteiger partial charge in [0, 0.05) is 42.7 Å². The molecular weight excluding hydrogens is 441 g/mol. The largest absolute Gasteiger partial charge is 0.348 e. The molecule has 0 aliphatic carbocycles. The second-order valence-corrected chi connectivity index (χ2v) is 9.16. The number of hydrogen-bond donors (Lipinski definition) is 0. The number of aromatic nitrogens is 1. The van der Waals surface area contributed by atoms with Crippen LogP contribution in [0.1, 0.15) is 66.3 Å². The van der Waals surface area contributed by atoms with Crippen molar-refractivity contribution in [2.75, 3.05) is 19.6 Å². The molecule has 1 atom stereocenters. The van der Waals surface area contributed by atoms with Gasteiger partial charge in [-0.25, -0.2) is 4.39 Å². The number of fused-ring (bicyclic) bond motifs is 1. The Morgan fingerprint density at radius 3 is 2.46 bits per heavy atom. The molecule has 0 radical (unpaired) electrons. The fraction of sp³-hybridized carbons (Fsp3) is 0.379. The lowest BCUT2D eigenvalue weighted by Gasteiger charge is -2.38. The van der Waals surface area contributed by atoms with Gasteiger partial charge in [0.2, 0.25) is 5.91 Å². The number of carbonyl (C=O) groups is 2. The van der Waals surface area contributed by atoms with Crippen LogP contribution in [0.3, 0.4) is 0 Å². The fourth-order valence-electron chi connectivity index (χ4n) is 4.83. The van der Waals surface area contributed by atoms with Crippen LogP contribution in [-0.4, -0.2) is 45.8 Å². The van der Waals surface area contributed by atoms with Crippen LogP contribution in [0.15, 0.2) is 66.9 Å². The van der Waals surface area contributed by atoms with Crippen molar-refractivity contribution in [3.05, 3.63) is 95.1 Å². The van der Waals surface area contributed by atoms with Gasteiger partial charge >= 0.3 is 0 Å². The van der Waals surface area contributed by atoms with Gasteiger partial charge in [-0.2, -0.15) is 0 Å². The van der Waals surface area contributed by atoms with E-state index in [9.17, 15) is 14.0 Å². The zero-order valence-electron chi connectivity index (χ0n) is 20.6. The minimum absolute atomic E-state index is 0.0318. The maximum Gasteiger partial charge on any atom is 0.254 e. The molecule has 0 unspecified atom stereocenters. The number of nitrogens with zero attached hydrogens (tertiary/aromatic N) is 3. The molecule has 35 heavy (non-hydrogen) atoms. The molecule has 1 aromatic heterocycles. The molecule has 184 valence electrons. The quantitative estimate of drug-likeness (QED) is 0.413. The Hall–Kier alpha value is -3.41. The zero-order valence-corrected chi connectivity index (χ0v) is 20.6. The Morgan fingerprint density at radius 2 is 1.74 bits per heavy atom. The van der Waals surface area contributed by atoms with Crippen LogP contribution < -0.4 is 0 Å². The SMILES string of the molecule is CCCCc1ccc(C(=O)N(CCC)CC(=O)N2CCn3cccc3[C@@H]2c2ccccc2F)cc1. The van der Waals surface area contributed by atoms with Crippen molar-refractivity contribution in [1.82, 2.24) is 14.4 Å². The molecule has 3 aromatic rings. The third kappa shape index (κ3) is 5.47. The van der Waals surface area contributed by atoms with E-state index in [-0.39, 0.29) is 24.2 Å². The number of carbonyl (C=O) groups excluding carboxylic acids is 2. The Kier molecular flexibility index (Phi) is 8.01. The second-order valence-electron chi connectivity index (χ2n) is 9.16. The molecule has 0 bridgehead atoms. The smallest absolute Gasteiger partial charge is 0.254 e. The van der Waals surface area contributed by atoms with E-state index in [1.807, 2.05) is 49.5 Å². The number of benzene rings is 2. The van der Waals surface area contributed by atoms with Crippen LogP contribution in [0.2, 0.25) is 0 Å². The summed E-state index contributed by atoms with van der Waals surface area (Å²) in [4.78, 5) is 30.3. The molecule has 0 spiro atoms. The van der Waals surface area contributed by atoms with Crippen LogP contribution in [0.25, 0.3) is 0 Å². The number of rotatable bonds is 9. The van der Waals surface area contributed by atoms with Crippen LogP contribution in [0.4, 0.5) is 4.39 Å². The molecule has 1 aliphatic rings. The number of hydrogen-bond acceptors (Lipinski definition) is 2. The third-order valence-electron chi connectivity index (χ3n) is 6.69. The normalized spacial score (nSPS) is 15.1. The summed E-state index contributed by atoms with van der Waals surface area (Å²) in [6, 6.07) is 17.7. The van der Waals surface area contributed by atoms with Crippen LogP contribution in [0.5, 0.6) is 0 Å². The predicted octanol–water partition coefficient (Wildman–Crippen LogP) is 5.45. The van der Waals surface area contributed by atoms with E-state index in [0.717, 1.165) is 31.4 Å². The van der Waals surface area contributed by atoms with Gasteiger partial charge in [-0.15, -0.1) is 0 Å². The van der Waals surface area contributed by atoms with Crippen molar-refractivity contribution in [2.24, 2.45) is 0 Å². The van der Waals surface area contributed by atoms with Gasteiger partial charge in [-0.05, 0) is 55.2 Å². The van der Waals surface area contributed by atoms with Gasteiger partial charge in [0.25, 0.3) is 5.91 Å². The third-order valence-corrected chi connectivity index (χ3v) is 6.69. The van der Waals surface area contributed by atoms with Crippen molar-refractivity contribution >= 4 is 11.8 Å². The summed E-state index contributed by atoms with van der Waals surface area (Å²) < 4.78 is 16.9. The van der Waals surface area contributed by atoms with E-state index in [1.165, 1.54) is 11.6 Å². The van der Waals surface area contributed by atoms with Gasteiger partial charge in [0.15, 0.2) is 0 Å². The van der Waals surface area contributed by atoms with E-state index < -0.39 is 6.04 Å². The summed E-state index contributed by atoms with van der Waals surface area (Å²) in [6.45, 7) is 5.70. The number of halogens is 1. The van der Waals surface area contributed by atoms with Crippen molar-refractivity contribution in [3.8, 4) is 0 Å². The summed E-state index contributed by atoms with van der Waals surface area (Å²) in [6.07, 6.45) is 5.94. The average molecular weight is 476 g/mol. The Morgan fingerprint density at radius 1 is 0.971 bits per heavy atom. The maximum atomic E-state index is 14.8. The highest BCUT2D eigenvalue weighted by Gasteiger charge is 2.34. The van der Waals surface area contributed by atoms with Gasteiger partial charge < -0.3 is 14.4 Å². The van der Waals surface area contributed by atoms with Gasteiger partial charge in [-0.3, -0.25) is 9.59 Å². The Labute approximate surface area is 207 Å². The van der Waals surface area contributed by atoms with E-state index in [4.69, 9.17) is 0 Å². The van der Waals surface area contributed by atoms with E-state index >= 15 is 0 Å². The molecule has 4 rings (SSSR count). The van der Waals surface area contributed by atoms with Crippen molar-refractivity contribution < 1.29 is 14.0 Å². The molecule has 2 aromatic carbocycles. The predicted molar refractivity (Wildman–Crippen MR) is 136 cm³/mol. The lowest BCUT2D eigenvalue weighted by Crippen LogP contribution is -2.48. The van der Waals surface area contributed by atoms with Crippen LogP contribution in [0, 0.1) is 5.82 Å². The average Bonchev–Trinajstić information content (AvgIpc) is 3.36. The number of aryl methyl sites for hydroxylation is 1. The molecular formula is C29H34FN3O2. The fourth-order valence-corrected chi connectivity index (χ4v) is 4.83. The first-order valence-electron chi connectivity index (χ1n) is 12.6. The summed E-state index contributed by atoms with van der Waals surface area (Å²) in [5, 5.41) is 0. The summed E-state index contributed by atoms with van der Waals surface area (Å²) in [5.41, 5.74) is 3.15. The first-order chi connectivity index (χ1) is 17.0. The molecule has 0 saturated carbocycles. The number of amides is 2. The molecule has 0 fully saturated rings.